The third-order valence-corrected chi connectivity index (χ3v) is 5.25. The molecule has 0 radical (unpaired) electrons. The average molecular weight is 413 g/mol. The summed E-state index contributed by atoms with van der Waals surface area (Å²) in [5.41, 5.74) is -2.76. The molecule has 8 heteroatoms. The van der Waals surface area contributed by atoms with E-state index in [-0.39, 0.29) is 11.6 Å². The first-order valence-corrected chi connectivity index (χ1v) is 8.86. The lowest BCUT2D eigenvalue weighted by Crippen LogP contribution is -2.50. The second kappa shape index (κ2) is 7.18. The Morgan fingerprint density at radius 2 is 1.65 bits per heavy atom. The molecule has 0 aliphatic carbocycles. The maximum Gasteiger partial charge on any atom is 0.143 e. The summed E-state index contributed by atoms with van der Waals surface area (Å²) in [6.45, 7) is 1.43. The van der Waals surface area contributed by atoms with Gasteiger partial charge in [0.15, 0.2) is 0 Å². The third-order valence-electron chi connectivity index (χ3n) is 4.45. The zero-order valence-corrected chi connectivity index (χ0v) is 16.0. The second-order valence-corrected chi connectivity index (χ2v) is 7.44. The van der Waals surface area contributed by atoms with E-state index in [2.05, 4.69) is 10.1 Å². The summed E-state index contributed by atoms with van der Waals surface area (Å²) in [6, 6.07) is 11.3. The van der Waals surface area contributed by atoms with Gasteiger partial charge in [0.05, 0.1) is 6.54 Å². The summed E-state index contributed by atoms with van der Waals surface area (Å²) in [4.78, 5) is 3.89. The van der Waals surface area contributed by atoms with Gasteiger partial charge >= 0.3 is 0 Å². The van der Waals surface area contributed by atoms with Crippen molar-refractivity contribution >= 4 is 34.8 Å². The van der Waals surface area contributed by atoms with E-state index >= 15 is 0 Å². The largest absolute Gasteiger partial charge is 0.382 e. The van der Waals surface area contributed by atoms with Crippen LogP contribution < -0.4 is 0 Å². The second-order valence-electron chi connectivity index (χ2n) is 6.16. The van der Waals surface area contributed by atoms with E-state index in [1.807, 2.05) is 0 Å². The molecule has 0 amide bonds. The maximum atomic E-state index is 11.7. The molecule has 3 rings (SSSR count). The minimum atomic E-state index is -1.82. The van der Waals surface area contributed by atoms with Crippen molar-refractivity contribution in [3.63, 3.8) is 0 Å². The minimum absolute atomic E-state index is 0.0794. The van der Waals surface area contributed by atoms with Crippen LogP contribution in [0.4, 0.5) is 0 Å². The molecule has 136 valence electrons. The van der Waals surface area contributed by atoms with Gasteiger partial charge in [-0.2, -0.15) is 5.10 Å². The van der Waals surface area contributed by atoms with Crippen LogP contribution in [-0.4, -0.2) is 25.0 Å². The summed E-state index contributed by atoms with van der Waals surface area (Å²) in [5, 5.41) is 28.3. The molecule has 0 unspecified atom stereocenters. The topological polar surface area (TPSA) is 71.2 Å². The Balaban J connectivity index is 2.17. The molecule has 26 heavy (non-hydrogen) atoms. The molecular formula is C18H16Cl3N3O2. The third kappa shape index (κ3) is 3.46. The molecule has 0 saturated heterocycles. The minimum Gasteiger partial charge on any atom is -0.382 e. The zero-order chi connectivity index (χ0) is 18.9. The highest BCUT2D eigenvalue weighted by Gasteiger charge is 2.50. The Morgan fingerprint density at radius 3 is 2.23 bits per heavy atom. The van der Waals surface area contributed by atoms with E-state index < -0.39 is 11.2 Å². The fourth-order valence-corrected chi connectivity index (χ4v) is 3.58. The number of benzene rings is 2. The Kier molecular flexibility index (Phi) is 5.28. The van der Waals surface area contributed by atoms with Gasteiger partial charge in [0.1, 0.15) is 23.9 Å². The number of hydrogen-bond donors (Lipinski definition) is 2. The Morgan fingerprint density at radius 1 is 1.00 bits per heavy atom. The van der Waals surface area contributed by atoms with Crippen LogP contribution in [0.1, 0.15) is 18.1 Å². The highest BCUT2D eigenvalue weighted by molar-refractivity contribution is 6.35. The first-order chi connectivity index (χ1) is 12.2. The molecule has 0 saturated carbocycles. The van der Waals surface area contributed by atoms with Crippen molar-refractivity contribution in [2.45, 2.75) is 24.7 Å². The highest BCUT2D eigenvalue weighted by atomic mass is 35.5. The molecule has 5 nitrogen and oxygen atoms in total. The first kappa shape index (κ1) is 19.1. The number of aromatic nitrogens is 3. The summed E-state index contributed by atoms with van der Waals surface area (Å²) in [7, 11) is 0. The molecule has 0 aliphatic heterocycles. The maximum absolute atomic E-state index is 11.7. The molecule has 1 aromatic heterocycles. The van der Waals surface area contributed by atoms with Gasteiger partial charge in [0.25, 0.3) is 0 Å². The van der Waals surface area contributed by atoms with Gasteiger partial charge in [-0.25, -0.2) is 9.67 Å². The fourth-order valence-electron chi connectivity index (χ4n) is 2.89. The summed E-state index contributed by atoms with van der Waals surface area (Å²) < 4.78 is 1.43. The lowest BCUT2D eigenvalue weighted by molar-refractivity contribution is -0.164. The van der Waals surface area contributed by atoms with Crippen molar-refractivity contribution in [3.05, 3.63) is 81.3 Å². The molecule has 0 fully saturated rings. The van der Waals surface area contributed by atoms with Crippen molar-refractivity contribution in [1.82, 2.24) is 14.8 Å². The van der Waals surface area contributed by atoms with E-state index in [1.54, 1.807) is 36.4 Å². The molecule has 0 bridgehead atoms. The average Bonchev–Trinajstić information content (AvgIpc) is 3.07. The van der Waals surface area contributed by atoms with E-state index in [0.717, 1.165) is 0 Å². The van der Waals surface area contributed by atoms with E-state index in [4.69, 9.17) is 34.8 Å². The summed E-state index contributed by atoms with van der Waals surface area (Å²) in [6.07, 6.45) is 2.80. The summed E-state index contributed by atoms with van der Waals surface area (Å²) >= 11 is 18.3. The normalized spacial score (nSPS) is 16.1. The van der Waals surface area contributed by atoms with Gasteiger partial charge in [0.2, 0.25) is 0 Å². The van der Waals surface area contributed by atoms with E-state index in [0.29, 0.717) is 21.2 Å². The SMILES string of the molecule is C[C@](O)(c1ccc(Cl)cc1)[C@](O)(Cn1cncn1)c1ccc(Cl)cc1Cl. The lowest BCUT2D eigenvalue weighted by Gasteiger charge is -2.42. The van der Waals surface area contributed by atoms with Crippen LogP contribution in [0.2, 0.25) is 15.1 Å². The van der Waals surface area contributed by atoms with Gasteiger partial charge in [-0.1, -0.05) is 53.0 Å². The van der Waals surface area contributed by atoms with Crippen LogP contribution in [0, 0.1) is 0 Å². The Bertz CT molecular complexity index is 899. The monoisotopic (exact) mass is 411 g/mol. The predicted octanol–water partition coefficient (Wildman–Crippen LogP) is 4.03. The van der Waals surface area contributed by atoms with Crippen LogP contribution in [0.15, 0.2) is 55.1 Å². The van der Waals surface area contributed by atoms with Crippen LogP contribution in [0.25, 0.3) is 0 Å². The first-order valence-electron chi connectivity index (χ1n) is 7.73. The van der Waals surface area contributed by atoms with Crippen LogP contribution in [0.5, 0.6) is 0 Å². The van der Waals surface area contributed by atoms with Crippen molar-refractivity contribution in [2.75, 3.05) is 0 Å². The van der Waals surface area contributed by atoms with Crippen molar-refractivity contribution < 1.29 is 10.2 Å². The molecule has 0 spiro atoms. The predicted molar refractivity (Wildman–Crippen MR) is 101 cm³/mol. The van der Waals surface area contributed by atoms with Crippen molar-refractivity contribution in [2.24, 2.45) is 0 Å². The number of halogens is 3. The van der Waals surface area contributed by atoms with E-state index in [9.17, 15) is 10.2 Å². The quantitative estimate of drug-likeness (QED) is 0.663. The van der Waals surface area contributed by atoms with Gasteiger partial charge in [-0.3, -0.25) is 0 Å². The van der Waals surface area contributed by atoms with E-state index in [1.165, 1.54) is 30.3 Å². The van der Waals surface area contributed by atoms with Crippen molar-refractivity contribution in [3.8, 4) is 0 Å². The number of hydrogen-bond acceptors (Lipinski definition) is 4. The summed E-state index contributed by atoms with van der Waals surface area (Å²) in [5.74, 6) is 0. The van der Waals surface area contributed by atoms with Gasteiger partial charge in [0, 0.05) is 20.6 Å². The molecular weight excluding hydrogens is 397 g/mol. The standard InChI is InChI=1S/C18H16Cl3N3O2/c1-17(25,12-2-4-13(19)5-3-12)18(26,9-24-11-22-10-23-24)15-7-6-14(20)8-16(15)21/h2-8,10-11,25-26H,9H2,1H3/t17-,18-/m0/s1. The van der Waals surface area contributed by atoms with Gasteiger partial charge < -0.3 is 10.2 Å². The number of nitrogens with zero attached hydrogens (tertiary/aromatic N) is 3. The molecule has 2 N–H and O–H groups in total. The zero-order valence-electron chi connectivity index (χ0n) is 13.8. The molecule has 0 aliphatic rings. The molecule has 3 aromatic rings. The van der Waals surface area contributed by atoms with Crippen LogP contribution in [-0.2, 0) is 17.7 Å². The smallest absolute Gasteiger partial charge is 0.143 e. The number of aliphatic hydroxyl groups is 2. The highest BCUT2D eigenvalue weighted by Crippen LogP contribution is 2.44. The van der Waals surface area contributed by atoms with Crippen LogP contribution in [0.3, 0.4) is 0 Å². The molecule has 1 heterocycles. The molecule has 2 atom stereocenters. The molecule has 2 aromatic carbocycles. The van der Waals surface area contributed by atoms with Crippen molar-refractivity contribution in [1.29, 1.82) is 0 Å². The fraction of sp³-hybridized carbons (Fsp3) is 0.222. The number of rotatable bonds is 5. The Labute approximate surface area is 165 Å². The lowest BCUT2D eigenvalue weighted by atomic mass is 9.74. The van der Waals surface area contributed by atoms with Crippen LogP contribution >= 0.6 is 34.8 Å². The Hall–Kier alpha value is -1.63. The van der Waals surface area contributed by atoms with Gasteiger partial charge in [-0.15, -0.1) is 0 Å². The van der Waals surface area contributed by atoms with Gasteiger partial charge in [-0.05, 0) is 36.8 Å².